The average molecular weight is 499 g/mol. The van der Waals surface area contributed by atoms with Gasteiger partial charge in [0, 0.05) is 56.3 Å². The highest BCUT2D eigenvalue weighted by molar-refractivity contribution is 5.52. The summed E-state index contributed by atoms with van der Waals surface area (Å²) in [7, 11) is 0. The third kappa shape index (κ3) is 4.59. The number of nitriles is 1. The fourth-order valence-electron chi connectivity index (χ4n) is 7.35. The molecule has 7 rings (SSSR count). The minimum atomic E-state index is 0.415. The number of rotatable bonds is 7. The van der Waals surface area contributed by atoms with Gasteiger partial charge >= 0.3 is 6.01 Å². The van der Waals surface area contributed by atoms with Gasteiger partial charge in [-0.2, -0.15) is 15.2 Å². The maximum atomic E-state index is 9.32. The van der Waals surface area contributed by atoms with E-state index in [9.17, 15) is 5.26 Å². The van der Waals surface area contributed by atoms with E-state index in [1.54, 1.807) is 0 Å². The lowest BCUT2D eigenvalue weighted by Gasteiger charge is -2.34. The summed E-state index contributed by atoms with van der Waals surface area (Å²) in [6.45, 7) is 5.54. The Hall–Kier alpha value is -2.69. The van der Waals surface area contributed by atoms with Crippen LogP contribution in [-0.2, 0) is 19.5 Å². The summed E-state index contributed by atoms with van der Waals surface area (Å²) in [6, 6.07) is 13.6. The molecule has 0 N–H and O–H groups in total. The Balaban J connectivity index is 1.15. The lowest BCUT2D eigenvalue weighted by Crippen LogP contribution is -2.37. The molecule has 0 radical (unpaired) electrons. The molecule has 1 unspecified atom stereocenters. The van der Waals surface area contributed by atoms with E-state index in [0.717, 1.165) is 63.0 Å². The number of benzene rings is 1. The lowest BCUT2D eigenvalue weighted by molar-refractivity contribution is 0.158. The minimum Gasteiger partial charge on any atom is -0.462 e. The van der Waals surface area contributed by atoms with Crippen molar-refractivity contribution in [3.8, 4) is 12.1 Å². The number of aromatic nitrogens is 2. The number of likely N-dealkylation sites (tertiary alicyclic amines) is 1. The normalized spacial score (nSPS) is 27.8. The van der Waals surface area contributed by atoms with Crippen molar-refractivity contribution >= 4 is 5.82 Å². The van der Waals surface area contributed by atoms with E-state index in [-0.39, 0.29) is 0 Å². The molecule has 4 heterocycles. The van der Waals surface area contributed by atoms with Crippen LogP contribution in [0.3, 0.4) is 0 Å². The zero-order chi connectivity index (χ0) is 24.8. The van der Waals surface area contributed by atoms with Gasteiger partial charge in [0.05, 0.1) is 11.8 Å². The maximum Gasteiger partial charge on any atom is 0.318 e. The first-order chi connectivity index (χ1) is 18.3. The summed E-state index contributed by atoms with van der Waals surface area (Å²) in [5.74, 6) is 1.47. The summed E-state index contributed by atoms with van der Waals surface area (Å²) < 4.78 is 6.38. The van der Waals surface area contributed by atoms with Gasteiger partial charge in [-0.3, -0.25) is 9.80 Å². The van der Waals surface area contributed by atoms with Crippen molar-refractivity contribution in [3.63, 3.8) is 0 Å². The number of ether oxygens (including phenoxy) is 1. The zero-order valence-electron chi connectivity index (χ0n) is 21.8. The molecule has 3 atom stereocenters. The van der Waals surface area contributed by atoms with Gasteiger partial charge in [-0.1, -0.05) is 24.3 Å². The van der Waals surface area contributed by atoms with Crippen molar-refractivity contribution in [2.75, 3.05) is 31.1 Å². The summed E-state index contributed by atoms with van der Waals surface area (Å²) in [5.41, 5.74) is 5.38. The topological polar surface area (TPSA) is 68.5 Å². The Morgan fingerprint density at radius 1 is 1.00 bits per heavy atom. The Labute approximate surface area is 220 Å². The molecule has 1 saturated carbocycles. The molecule has 2 aliphatic carbocycles. The summed E-state index contributed by atoms with van der Waals surface area (Å²) >= 11 is 0. The maximum absolute atomic E-state index is 9.32. The van der Waals surface area contributed by atoms with Crippen molar-refractivity contribution in [2.45, 2.75) is 89.0 Å². The van der Waals surface area contributed by atoms with Crippen LogP contribution in [0, 0.1) is 17.2 Å². The molecule has 1 aromatic carbocycles. The Kier molecular flexibility index (Phi) is 6.26. The molecule has 2 aromatic rings. The molecular formula is C30H38N6O. The van der Waals surface area contributed by atoms with Crippen LogP contribution in [0.2, 0.25) is 0 Å². The molecule has 1 aromatic heterocycles. The molecule has 0 amide bonds. The van der Waals surface area contributed by atoms with Crippen LogP contribution in [0.25, 0.3) is 0 Å². The number of piperidine rings is 1. The number of hydrogen-bond donors (Lipinski definition) is 0. The van der Waals surface area contributed by atoms with Gasteiger partial charge in [0.1, 0.15) is 12.4 Å². The van der Waals surface area contributed by atoms with E-state index in [4.69, 9.17) is 14.7 Å². The van der Waals surface area contributed by atoms with Crippen LogP contribution in [0.1, 0.15) is 79.8 Å². The largest absolute Gasteiger partial charge is 0.462 e. The summed E-state index contributed by atoms with van der Waals surface area (Å²) in [5, 5.41) is 9.32. The SMILES string of the molecule is N#CC[C@@H]1CCCN(c2nc(OC[C@@H]3CCCN3C3CC3)nc3c2CN(C2CCc4ccccc42)C3)C1. The van der Waals surface area contributed by atoms with Crippen molar-refractivity contribution in [3.05, 3.63) is 46.6 Å². The van der Waals surface area contributed by atoms with Crippen LogP contribution in [0.5, 0.6) is 6.01 Å². The quantitative estimate of drug-likeness (QED) is 0.552. The highest BCUT2D eigenvalue weighted by Crippen LogP contribution is 2.42. The Morgan fingerprint density at radius 2 is 1.89 bits per heavy atom. The van der Waals surface area contributed by atoms with Crippen LogP contribution in [-0.4, -0.2) is 58.1 Å². The first-order valence-corrected chi connectivity index (χ1v) is 14.5. The van der Waals surface area contributed by atoms with Crippen molar-refractivity contribution in [2.24, 2.45) is 5.92 Å². The van der Waals surface area contributed by atoms with Gasteiger partial charge < -0.3 is 9.64 Å². The van der Waals surface area contributed by atoms with Gasteiger partial charge in [0.25, 0.3) is 0 Å². The molecule has 2 saturated heterocycles. The molecular weight excluding hydrogens is 460 g/mol. The molecule has 7 heteroatoms. The third-order valence-corrected chi connectivity index (χ3v) is 9.35. The van der Waals surface area contributed by atoms with E-state index >= 15 is 0 Å². The van der Waals surface area contributed by atoms with E-state index in [1.165, 1.54) is 55.3 Å². The van der Waals surface area contributed by atoms with E-state index < -0.39 is 0 Å². The molecule has 3 aliphatic heterocycles. The second kappa shape index (κ2) is 9.89. The molecule has 194 valence electrons. The molecule has 0 bridgehead atoms. The Bertz CT molecular complexity index is 1190. The predicted octanol–water partition coefficient (Wildman–Crippen LogP) is 4.62. The number of hydrogen-bond acceptors (Lipinski definition) is 7. The molecule has 37 heavy (non-hydrogen) atoms. The van der Waals surface area contributed by atoms with Crippen molar-refractivity contribution < 1.29 is 4.74 Å². The highest BCUT2D eigenvalue weighted by atomic mass is 16.5. The monoisotopic (exact) mass is 498 g/mol. The smallest absolute Gasteiger partial charge is 0.318 e. The fourth-order valence-corrected chi connectivity index (χ4v) is 7.35. The number of anilines is 1. The standard InChI is InChI=1S/C30H38N6O/c31-14-13-21-5-3-15-34(17-21)29-26-18-35(28-12-9-22-6-1-2-8-25(22)28)19-27(26)32-30(33-29)37-20-24-7-4-16-36(24)23-10-11-23/h1-2,6,8,21,23-24,28H,3-5,7,9-13,15-20H2/t21-,24-,28?/m0/s1. The van der Waals surface area contributed by atoms with Gasteiger partial charge in [-0.05, 0) is 75.0 Å². The van der Waals surface area contributed by atoms with Gasteiger partial charge in [0.15, 0.2) is 0 Å². The molecule has 5 aliphatic rings. The Morgan fingerprint density at radius 3 is 2.78 bits per heavy atom. The van der Waals surface area contributed by atoms with E-state index in [2.05, 4.69) is 45.0 Å². The number of fused-ring (bicyclic) bond motifs is 2. The number of nitrogens with zero attached hydrogens (tertiary/aromatic N) is 6. The van der Waals surface area contributed by atoms with E-state index in [0.29, 0.717) is 37.0 Å². The second-order valence-corrected chi connectivity index (χ2v) is 11.8. The van der Waals surface area contributed by atoms with E-state index in [1.807, 2.05) is 0 Å². The van der Waals surface area contributed by atoms with Crippen molar-refractivity contribution in [1.29, 1.82) is 5.26 Å². The fraction of sp³-hybridized carbons (Fsp3) is 0.633. The average Bonchev–Trinajstić information content (AvgIpc) is 3.31. The second-order valence-electron chi connectivity index (χ2n) is 11.8. The zero-order valence-corrected chi connectivity index (χ0v) is 21.8. The first-order valence-electron chi connectivity index (χ1n) is 14.5. The van der Waals surface area contributed by atoms with Crippen LogP contribution in [0.4, 0.5) is 5.82 Å². The van der Waals surface area contributed by atoms with Crippen molar-refractivity contribution in [1.82, 2.24) is 19.8 Å². The summed E-state index contributed by atoms with van der Waals surface area (Å²) in [6.07, 6.45) is 10.4. The number of aryl methyl sites for hydroxylation is 1. The van der Waals surface area contributed by atoms with Crippen LogP contribution in [0.15, 0.2) is 24.3 Å². The molecule has 3 fully saturated rings. The molecule has 7 nitrogen and oxygen atoms in total. The summed E-state index contributed by atoms with van der Waals surface area (Å²) in [4.78, 5) is 17.8. The van der Waals surface area contributed by atoms with Gasteiger partial charge in [-0.25, -0.2) is 0 Å². The highest BCUT2D eigenvalue weighted by Gasteiger charge is 2.38. The van der Waals surface area contributed by atoms with Gasteiger partial charge in [-0.15, -0.1) is 0 Å². The minimum absolute atomic E-state index is 0.415. The third-order valence-electron chi connectivity index (χ3n) is 9.35. The van der Waals surface area contributed by atoms with Crippen LogP contribution >= 0.6 is 0 Å². The van der Waals surface area contributed by atoms with Gasteiger partial charge in [0.2, 0.25) is 0 Å². The molecule has 0 spiro atoms. The first kappa shape index (κ1) is 23.4. The predicted molar refractivity (Wildman–Crippen MR) is 142 cm³/mol. The van der Waals surface area contributed by atoms with Crippen LogP contribution < -0.4 is 9.64 Å². The lowest BCUT2D eigenvalue weighted by atomic mass is 9.95.